The number of carbonyl (C=O) groups excluding carboxylic acids is 2. The van der Waals surface area contributed by atoms with Gasteiger partial charge in [0.05, 0.1) is 26.1 Å². The molecule has 2 aromatic rings. The molecule has 0 aliphatic heterocycles. The number of aromatic nitrogens is 2. The number of nitrogen functional groups attached to an aromatic ring is 1. The highest BCUT2D eigenvalue weighted by atomic mass is 16.2. The predicted octanol–water partition coefficient (Wildman–Crippen LogP) is 1.15. The molecule has 2 N–H and O–H groups in total. The molecule has 1 unspecified atom stereocenters. The van der Waals surface area contributed by atoms with Crippen LogP contribution < -0.4 is 11.3 Å². The fourth-order valence-corrected chi connectivity index (χ4v) is 2.27. The topological polar surface area (TPSA) is 95.0 Å². The molecule has 0 bridgehead atoms. The Hall–Kier alpha value is -2.50. The molecule has 6 nitrogen and oxygen atoms in total. The van der Waals surface area contributed by atoms with Crippen molar-refractivity contribution in [1.29, 1.82) is 0 Å². The highest BCUT2D eigenvalue weighted by molar-refractivity contribution is 6.03. The van der Waals surface area contributed by atoms with E-state index in [1.54, 1.807) is 0 Å². The maximum atomic E-state index is 13.1. The van der Waals surface area contributed by atoms with Crippen LogP contribution in [0.5, 0.6) is 0 Å². The molecule has 1 aromatic heterocycles. The van der Waals surface area contributed by atoms with Gasteiger partial charge in [0.25, 0.3) is 5.56 Å². The number of aryl methyl sites for hydroxylation is 1. The number of hydrogen-bond acceptors (Lipinski definition) is 5. The number of nitrogens with two attached hydrogens (primary N) is 1. The lowest BCUT2D eigenvalue weighted by molar-refractivity contribution is -0.132. The molecule has 1 aromatic carbocycles. The average molecular weight is 291 g/mol. The van der Waals surface area contributed by atoms with E-state index in [1.165, 1.54) is 12.1 Å². The predicted molar refractivity (Wildman–Crippen MR) is 78.1 cm³/mol. The van der Waals surface area contributed by atoms with E-state index in [9.17, 15) is 14.4 Å². The van der Waals surface area contributed by atoms with E-state index in [0.29, 0.717) is 4.57 Å². The average Bonchev–Trinajstić information content (AvgIpc) is 2.55. The van der Waals surface area contributed by atoms with E-state index >= 15 is 0 Å². The van der Waals surface area contributed by atoms with Crippen molar-refractivity contribution in [3.63, 3.8) is 0 Å². The van der Waals surface area contributed by atoms with E-state index in [2.05, 4.69) is 4.98 Å². The van der Waals surface area contributed by atoms with Gasteiger partial charge in [-0.2, -0.15) is 0 Å². The van der Waals surface area contributed by atoms with Crippen LogP contribution in [0.2, 0.25) is 0 Å². The van der Waals surface area contributed by atoms with E-state index in [0.717, 1.165) is 0 Å². The maximum Gasteiger partial charge on any atom is 0.264 e. The van der Waals surface area contributed by atoms with E-state index in [1.807, 2.05) is 0 Å². The van der Waals surface area contributed by atoms with Crippen LogP contribution in [0.4, 0.5) is 5.69 Å². The van der Waals surface area contributed by atoms with Crippen molar-refractivity contribution >= 4 is 28.2 Å². The molecular weight excluding hydrogens is 270 g/mol. The zero-order chi connectivity index (χ0) is 20.3. The summed E-state index contributed by atoms with van der Waals surface area (Å²) in [6.45, 7) is -1.86. The van der Waals surface area contributed by atoms with Gasteiger partial charge in [0.1, 0.15) is 11.6 Å². The van der Waals surface area contributed by atoms with Crippen molar-refractivity contribution in [2.75, 3.05) is 5.73 Å². The molecule has 1 aliphatic rings. The third-order valence-electron chi connectivity index (χ3n) is 3.25. The third-order valence-corrected chi connectivity index (χ3v) is 3.25. The summed E-state index contributed by atoms with van der Waals surface area (Å²) in [7, 11) is 0. The van der Waals surface area contributed by atoms with Crippen molar-refractivity contribution in [3.05, 3.63) is 34.4 Å². The third kappa shape index (κ3) is 2.12. The standard InChI is InChI=1S/C15H15N3O3/c1-8-17-11-4-2-3-10(16)14(11)15(21)18(8)12-6-5-9(19)7-13(12)20/h2-4,12H,5-7,16H2,1H3/i1D2,3D,5D2,12D. The first-order valence-corrected chi connectivity index (χ1v) is 6.13. The Morgan fingerprint density at radius 2 is 2.38 bits per heavy atom. The summed E-state index contributed by atoms with van der Waals surface area (Å²) in [5.41, 5.74) is 4.51. The summed E-state index contributed by atoms with van der Waals surface area (Å²) < 4.78 is 47.6. The van der Waals surface area contributed by atoms with E-state index in [-0.39, 0.29) is 22.6 Å². The van der Waals surface area contributed by atoms with E-state index < -0.39 is 55.1 Å². The smallest absolute Gasteiger partial charge is 0.264 e. The van der Waals surface area contributed by atoms with E-state index in [4.69, 9.17) is 14.0 Å². The Balaban J connectivity index is 2.42. The van der Waals surface area contributed by atoms with Crippen LogP contribution in [0.25, 0.3) is 10.9 Å². The number of carbonyl (C=O) groups is 2. The summed E-state index contributed by atoms with van der Waals surface area (Å²) in [4.78, 5) is 41.3. The van der Waals surface area contributed by atoms with Crippen molar-refractivity contribution in [2.45, 2.75) is 32.1 Å². The molecule has 0 spiro atoms. The lowest BCUT2D eigenvalue weighted by Crippen LogP contribution is -2.36. The van der Waals surface area contributed by atoms with Gasteiger partial charge in [-0.25, -0.2) is 4.98 Å². The lowest BCUT2D eigenvalue weighted by atomic mass is 9.92. The molecular formula is C15H15N3O3. The van der Waals surface area contributed by atoms with Gasteiger partial charge < -0.3 is 5.73 Å². The Kier molecular flexibility index (Phi) is 1.84. The van der Waals surface area contributed by atoms with Gasteiger partial charge in [0, 0.05) is 17.5 Å². The van der Waals surface area contributed by atoms with Crippen molar-refractivity contribution in [3.8, 4) is 0 Å². The molecule has 6 heteroatoms. The summed E-state index contributed by atoms with van der Waals surface area (Å²) in [6, 6.07) is -0.168. The Morgan fingerprint density at radius 3 is 3.14 bits per heavy atom. The Labute approximate surface area is 129 Å². The zero-order valence-corrected chi connectivity index (χ0v) is 10.8. The van der Waals surface area contributed by atoms with Crippen molar-refractivity contribution < 1.29 is 17.8 Å². The number of anilines is 1. The molecule has 1 fully saturated rings. The highest BCUT2D eigenvalue weighted by Crippen LogP contribution is 2.24. The number of benzene rings is 1. The Morgan fingerprint density at radius 1 is 1.57 bits per heavy atom. The van der Waals surface area contributed by atoms with Crippen LogP contribution in [0, 0.1) is 6.88 Å². The summed E-state index contributed by atoms with van der Waals surface area (Å²) in [5, 5.41) is -0.260. The zero-order valence-electron chi connectivity index (χ0n) is 16.8. The first-order chi connectivity index (χ1) is 12.4. The Bertz CT molecular complexity index is 1050. The van der Waals surface area contributed by atoms with Crippen LogP contribution in [0.1, 0.15) is 39.3 Å². The second kappa shape index (κ2) is 4.80. The number of nitrogens with zero attached hydrogens (tertiary/aromatic N) is 2. The molecule has 1 aliphatic carbocycles. The van der Waals surface area contributed by atoms with Crippen LogP contribution in [-0.2, 0) is 9.59 Å². The molecule has 108 valence electrons. The van der Waals surface area contributed by atoms with Crippen LogP contribution >= 0.6 is 0 Å². The number of Topliss-reactive ketones (excluding diaryl/α,β-unsaturated/α-hetero) is 2. The summed E-state index contributed by atoms with van der Waals surface area (Å²) in [5.74, 6) is -2.58. The summed E-state index contributed by atoms with van der Waals surface area (Å²) in [6.07, 6.45) is -4.39. The highest BCUT2D eigenvalue weighted by Gasteiger charge is 2.30. The molecule has 0 radical (unpaired) electrons. The molecule has 0 amide bonds. The number of rotatable bonds is 1. The van der Waals surface area contributed by atoms with Crippen LogP contribution in [0.3, 0.4) is 0 Å². The molecule has 3 rings (SSSR count). The molecule has 0 saturated heterocycles. The van der Waals surface area contributed by atoms with Gasteiger partial charge in [-0.3, -0.25) is 19.0 Å². The van der Waals surface area contributed by atoms with Gasteiger partial charge in [0.2, 0.25) is 0 Å². The number of hydrogen-bond donors (Lipinski definition) is 1. The maximum absolute atomic E-state index is 13.1. The van der Waals surface area contributed by atoms with Gasteiger partial charge >= 0.3 is 0 Å². The second-order valence-electron chi connectivity index (χ2n) is 4.59. The van der Waals surface area contributed by atoms with Crippen molar-refractivity contribution in [1.82, 2.24) is 9.55 Å². The van der Waals surface area contributed by atoms with Crippen LogP contribution in [-0.4, -0.2) is 21.1 Å². The fraction of sp³-hybridized carbons (Fsp3) is 0.333. The largest absolute Gasteiger partial charge is 0.398 e. The van der Waals surface area contributed by atoms with Gasteiger partial charge in [-0.1, -0.05) is 6.07 Å². The summed E-state index contributed by atoms with van der Waals surface area (Å²) >= 11 is 0. The minimum absolute atomic E-state index is 0.00445. The molecule has 1 saturated carbocycles. The fourth-order valence-electron chi connectivity index (χ4n) is 2.27. The normalized spacial score (nSPS) is 29.4. The molecule has 1 atom stereocenters. The quantitative estimate of drug-likeness (QED) is 0.628. The monoisotopic (exact) mass is 291 g/mol. The minimum atomic E-state index is -2.56. The van der Waals surface area contributed by atoms with Gasteiger partial charge in [-0.05, 0) is 25.4 Å². The lowest BCUT2D eigenvalue weighted by Gasteiger charge is -2.24. The first-order valence-electron chi connectivity index (χ1n) is 9.29. The van der Waals surface area contributed by atoms with Crippen LogP contribution in [0.15, 0.2) is 23.0 Å². The minimum Gasteiger partial charge on any atom is -0.398 e. The SMILES string of the molecule is [2H]c1ccc2nc(C([2H])[2H])n(C3([2H])CC([2H])([2H])C(=O)CC3=O)c(=O)c2c1N. The first kappa shape index (κ1) is 8.07. The number of fused-ring (bicyclic) bond motifs is 1. The van der Waals surface area contributed by atoms with Gasteiger partial charge in [0.15, 0.2) is 5.78 Å². The van der Waals surface area contributed by atoms with Gasteiger partial charge in [-0.15, -0.1) is 0 Å². The molecule has 21 heavy (non-hydrogen) atoms. The van der Waals surface area contributed by atoms with Crippen molar-refractivity contribution in [2.24, 2.45) is 0 Å². The number of ketones is 2. The second-order valence-corrected chi connectivity index (χ2v) is 4.59. The molecule has 1 heterocycles.